The molecule has 2 aliphatic rings. The number of nitrogens with zero attached hydrogens (tertiary/aromatic N) is 2. The van der Waals surface area contributed by atoms with Crippen molar-refractivity contribution in [1.82, 2.24) is 5.01 Å². The maximum absolute atomic E-state index is 12.4. The summed E-state index contributed by atoms with van der Waals surface area (Å²) in [5.41, 5.74) is 1.17. The lowest BCUT2D eigenvalue weighted by Gasteiger charge is -2.38. The van der Waals surface area contributed by atoms with Gasteiger partial charge in [0, 0.05) is 12.5 Å². The maximum Gasteiger partial charge on any atom is 0.431 e. The van der Waals surface area contributed by atoms with Gasteiger partial charge in [0.1, 0.15) is 6.10 Å². The van der Waals surface area contributed by atoms with Gasteiger partial charge in [0.2, 0.25) is 0 Å². The van der Waals surface area contributed by atoms with E-state index in [9.17, 15) is 14.7 Å². The number of fused-ring (bicyclic) bond motifs is 2. The van der Waals surface area contributed by atoms with Crippen LogP contribution in [-0.4, -0.2) is 48.7 Å². The minimum atomic E-state index is -1.24. The highest BCUT2D eigenvalue weighted by molar-refractivity contribution is 5.92. The third kappa shape index (κ3) is 3.00. The SMILES string of the molecule is CCCCCC1OC(=O)N2[C@@H]1Cc1cc(OC)c(OC)cc1N2C(=O)O. The van der Waals surface area contributed by atoms with Crippen LogP contribution in [0.25, 0.3) is 0 Å². The summed E-state index contributed by atoms with van der Waals surface area (Å²) in [7, 11) is 3.01. The van der Waals surface area contributed by atoms with E-state index in [0.29, 0.717) is 23.6 Å². The molecule has 3 rings (SSSR count). The van der Waals surface area contributed by atoms with Gasteiger partial charge in [0.15, 0.2) is 11.5 Å². The number of methoxy groups -OCH3 is 2. The lowest BCUT2D eigenvalue weighted by atomic mass is 9.94. The standard InChI is InChI=1S/C18H24N2O6/c1-4-5-6-7-14-13-8-11-9-15(24-2)16(25-3)10-12(11)19(17(21)22)20(13)18(23)26-14/h9-10,13-14H,4-8H2,1-3H3,(H,21,22)/t13-,14?/m1/s1. The van der Waals surface area contributed by atoms with Crippen LogP contribution in [0.4, 0.5) is 15.3 Å². The molecule has 2 heterocycles. The molecular formula is C18H24N2O6. The van der Waals surface area contributed by atoms with Crippen molar-refractivity contribution in [1.29, 1.82) is 0 Å². The Kier molecular flexibility index (Phi) is 5.11. The van der Waals surface area contributed by atoms with Gasteiger partial charge >= 0.3 is 12.2 Å². The Bertz CT molecular complexity index is 707. The van der Waals surface area contributed by atoms with Gasteiger partial charge in [0.25, 0.3) is 0 Å². The number of ether oxygens (including phenoxy) is 3. The van der Waals surface area contributed by atoms with Crippen LogP contribution in [0, 0.1) is 0 Å². The third-order valence-electron chi connectivity index (χ3n) is 4.91. The number of rotatable bonds is 6. The fraction of sp³-hybridized carbons (Fsp3) is 0.556. The summed E-state index contributed by atoms with van der Waals surface area (Å²) in [6.07, 6.45) is 2.08. The average Bonchev–Trinajstić information content (AvgIpc) is 2.94. The number of hydrogen-bond donors (Lipinski definition) is 1. The van der Waals surface area contributed by atoms with Crippen LogP contribution in [0.15, 0.2) is 12.1 Å². The van der Waals surface area contributed by atoms with Crippen molar-refractivity contribution in [3.05, 3.63) is 17.7 Å². The molecular weight excluding hydrogens is 340 g/mol. The molecule has 1 aromatic rings. The van der Waals surface area contributed by atoms with Crippen molar-refractivity contribution in [2.24, 2.45) is 0 Å². The van der Waals surface area contributed by atoms with E-state index in [1.165, 1.54) is 19.2 Å². The minimum absolute atomic E-state index is 0.322. The van der Waals surface area contributed by atoms with Crippen LogP contribution in [0.5, 0.6) is 11.5 Å². The zero-order chi connectivity index (χ0) is 18.8. The van der Waals surface area contributed by atoms with Crippen molar-refractivity contribution in [2.45, 2.75) is 51.2 Å². The van der Waals surface area contributed by atoms with Gasteiger partial charge in [0.05, 0.1) is 25.9 Å². The second-order valence-corrected chi connectivity index (χ2v) is 6.46. The van der Waals surface area contributed by atoms with Crippen molar-refractivity contribution in [3.8, 4) is 11.5 Å². The van der Waals surface area contributed by atoms with E-state index in [-0.39, 0.29) is 12.1 Å². The molecule has 1 aromatic carbocycles. The molecule has 0 spiro atoms. The molecule has 26 heavy (non-hydrogen) atoms. The molecule has 8 heteroatoms. The van der Waals surface area contributed by atoms with Gasteiger partial charge < -0.3 is 19.3 Å². The minimum Gasteiger partial charge on any atom is -0.493 e. The van der Waals surface area contributed by atoms with Gasteiger partial charge in [-0.15, -0.1) is 0 Å². The molecule has 8 nitrogen and oxygen atoms in total. The molecule has 0 radical (unpaired) electrons. The van der Waals surface area contributed by atoms with Gasteiger partial charge in [-0.25, -0.2) is 14.6 Å². The predicted octanol–water partition coefficient (Wildman–Crippen LogP) is 3.43. The largest absolute Gasteiger partial charge is 0.493 e. The molecule has 1 unspecified atom stereocenters. The molecule has 2 atom stereocenters. The molecule has 0 saturated carbocycles. The fourth-order valence-corrected chi connectivity index (χ4v) is 3.66. The lowest BCUT2D eigenvalue weighted by molar-refractivity contribution is 0.122. The highest BCUT2D eigenvalue weighted by Gasteiger charge is 2.50. The number of anilines is 1. The molecule has 0 aromatic heterocycles. The van der Waals surface area contributed by atoms with E-state index in [1.807, 2.05) is 0 Å². The summed E-state index contributed by atoms with van der Waals surface area (Å²) in [5.74, 6) is 0.931. The third-order valence-corrected chi connectivity index (χ3v) is 4.91. The number of unbranched alkanes of at least 4 members (excludes halogenated alkanes) is 2. The van der Waals surface area contributed by atoms with E-state index in [1.54, 1.807) is 12.1 Å². The van der Waals surface area contributed by atoms with E-state index < -0.39 is 12.2 Å². The normalized spacial score (nSPS) is 21.1. The van der Waals surface area contributed by atoms with Gasteiger partial charge in [-0.1, -0.05) is 19.8 Å². The molecule has 1 N–H and O–H groups in total. The number of hydrazine groups is 1. The Hall–Kier alpha value is -2.64. The van der Waals surface area contributed by atoms with Crippen molar-refractivity contribution in [3.63, 3.8) is 0 Å². The Balaban J connectivity index is 2.00. The summed E-state index contributed by atoms with van der Waals surface area (Å²) in [6.45, 7) is 2.11. The molecule has 1 fully saturated rings. The Morgan fingerprint density at radius 3 is 2.58 bits per heavy atom. The Labute approximate surface area is 152 Å². The smallest absolute Gasteiger partial charge is 0.431 e. The van der Waals surface area contributed by atoms with Crippen molar-refractivity contribution >= 4 is 17.9 Å². The first-order valence-corrected chi connectivity index (χ1v) is 8.79. The number of carboxylic acid groups (broad SMARTS) is 1. The maximum atomic E-state index is 12.4. The van der Waals surface area contributed by atoms with Gasteiger partial charge in [-0.05, 0) is 24.5 Å². The lowest BCUT2D eigenvalue weighted by Crippen LogP contribution is -2.55. The number of carbonyl (C=O) groups is 2. The van der Waals surface area contributed by atoms with E-state index in [0.717, 1.165) is 36.3 Å². The van der Waals surface area contributed by atoms with Crippen LogP contribution in [0.3, 0.4) is 0 Å². The number of cyclic esters (lactones) is 1. The highest BCUT2D eigenvalue weighted by atomic mass is 16.6. The van der Waals surface area contributed by atoms with E-state index >= 15 is 0 Å². The quantitative estimate of drug-likeness (QED) is 0.778. The van der Waals surface area contributed by atoms with Crippen LogP contribution < -0.4 is 14.5 Å². The molecule has 0 bridgehead atoms. The summed E-state index contributed by atoms with van der Waals surface area (Å²) < 4.78 is 16.1. The second kappa shape index (κ2) is 7.31. The molecule has 1 saturated heterocycles. The first kappa shape index (κ1) is 18.2. The number of amides is 2. The summed E-state index contributed by atoms with van der Waals surface area (Å²) in [6, 6.07) is 3.00. The van der Waals surface area contributed by atoms with Crippen LogP contribution in [0.2, 0.25) is 0 Å². The summed E-state index contributed by atoms with van der Waals surface area (Å²) >= 11 is 0. The molecule has 2 aliphatic heterocycles. The molecule has 0 aliphatic carbocycles. The number of hydrogen-bond acceptors (Lipinski definition) is 5. The van der Waals surface area contributed by atoms with E-state index in [2.05, 4.69) is 6.92 Å². The first-order valence-electron chi connectivity index (χ1n) is 8.79. The zero-order valence-corrected chi connectivity index (χ0v) is 15.2. The first-order chi connectivity index (χ1) is 12.5. The van der Waals surface area contributed by atoms with Crippen molar-refractivity contribution in [2.75, 3.05) is 19.2 Å². The summed E-state index contributed by atoms with van der Waals surface area (Å²) in [4.78, 5) is 24.3. The summed E-state index contributed by atoms with van der Waals surface area (Å²) in [5, 5.41) is 11.9. The monoisotopic (exact) mass is 364 g/mol. The Morgan fingerprint density at radius 1 is 1.27 bits per heavy atom. The van der Waals surface area contributed by atoms with Gasteiger partial charge in [-0.3, -0.25) is 0 Å². The number of carbonyl (C=O) groups excluding carboxylic acids is 1. The van der Waals surface area contributed by atoms with Crippen LogP contribution >= 0.6 is 0 Å². The Morgan fingerprint density at radius 2 is 1.96 bits per heavy atom. The van der Waals surface area contributed by atoms with Gasteiger partial charge in [-0.2, -0.15) is 5.01 Å². The van der Waals surface area contributed by atoms with Crippen LogP contribution in [0.1, 0.15) is 38.2 Å². The second-order valence-electron chi connectivity index (χ2n) is 6.46. The topological polar surface area (TPSA) is 88.5 Å². The molecule has 142 valence electrons. The highest BCUT2D eigenvalue weighted by Crippen LogP contribution is 2.43. The van der Waals surface area contributed by atoms with Crippen LogP contribution in [-0.2, 0) is 11.2 Å². The van der Waals surface area contributed by atoms with E-state index in [4.69, 9.17) is 14.2 Å². The molecule has 2 amide bonds. The average molecular weight is 364 g/mol. The number of benzene rings is 1. The predicted molar refractivity (Wildman–Crippen MR) is 93.8 cm³/mol. The zero-order valence-electron chi connectivity index (χ0n) is 15.2. The van der Waals surface area contributed by atoms with Crippen molar-refractivity contribution < 1.29 is 28.9 Å². The fourth-order valence-electron chi connectivity index (χ4n) is 3.66.